The molecule has 32 heavy (non-hydrogen) atoms. The third-order valence-corrected chi connectivity index (χ3v) is 6.89. The Hall–Kier alpha value is -3.43. The average molecular weight is 445 g/mol. The Morgan fingerprint density at radius 1 is 1.12 bits per heavy atom. The van der Waals surface area contributed by atoms with Crippen molar-refractivity contribution < 1.29 is 9.59 Å². The molecule has 0 saturated carbocycles. The molecule has 0 fully saturated rings. The van der Waals surface area contributed by atoms with E-state index in [1.54, 1.807) is 53.4 Å². The van der Waals surface area contributed by atoms with Gasteiger partial charge in [0.25, 0.3) is 0 Å². The molecule has 0 aromatic heterocycles. The van der Waals surface area contributed by atoms with E-state index in [1.165, 1.54) is 0 Å². The van der Waals surface area contributed by atoms with Crippen LogP contribution < -0.4 is 10.2 Å². The van der Waals surface area contributed by atoms with Gasteiger partial charge in [-0.25, -0.2) is 0 Å². The summed E-state index contributed by atoms with van der Waals surface area (Å²) in [5.41, 5.74) is 0.852. The minimum Gasteiger partial charge on any atom is -0.325 e. The number of Topliss-reactive ketones (excluding diaryl/α,β-unsaturated/α-hetero) is 1. The van der Waals surface area contributed by atoms with Crippen LogP contribution >= 0.6 is 11.6 Å². The summed E-state index contributed by atoms with van der Waals surface area (Å²) in [7, 11) is 0. The number of carbonyl (C=O) groups excluding carboxylic acids is 2. The van der Waals surface area contributed by atoms with Gasteiger partial charge in [-0.2, -0.15) is 5.26 Å². The van der Waals surface area contributed by atoms with Crippen LogP contribution in [0.2, 0.25) is 5.02 Å². The summed E-state index contributed by atoms with van der Waals surface area (Å²) in [5, 5.41) is 22.8. The van der Waals surface area contributed by atoms with E-state index in [4.69, 9.17) is 17.0 Å². The topological polar surface area (TPSA) is 97.1 Å². The predicted molar refractivity (Wildman–Crippen MR) is 123 cm³/mol. The zero-order valence-electron chi connectivity index (χ0n) is 17.7. The second-order valence-corrected chi connectivity index (χ2v) is 9.77. The van der Waals surface area contributed by atoms with Crippen molar-refractivity contribution in [3.05, 3.63) is 70.4 Å². The van der Waals surface area contributed by atoms with Gasteiger partial charge in [0.1, 0.15) is 17.2 Å². The van der Waals surface area contributed by atoms with Gasteiger partial charge in [0.2, 0.25) is 5.91 Å². The summed E-state index contributed by atoms with van der Waals surface area (Å²) >= 11 is 6.08. The highest BCUT2D eigenvalue weighted by molar-refractivity contribution is 6.30. The Kier molecular flexibility index (Phi) is 4.34. The maximum atomic E-state index is 13.7. The van der Waals surface area contributed by atoms with Crippen molar-refractivity contribution in [2.24, 2.45) is 11.3 Å². The molecular weight excluding hydrogens is 424 g/mol. The summed E-state index contributed by atoms with van der Waals surface area (Å²) in [6.07, 6.45) is 0.761. The van der Waals surface area contributed by atoms with Gasteiger partial charge in [-0.05, 0) is 47.7 Å². The second-order valence-electron chi connectivity index (χ2n) is 9.33. The molecule has 2 heterocycles. The van der Waals surface area contributed by atoms with Crippen molar-refractivity contribution in [1.82, 2.24) is 0 Å². The molecule has 2 unspecified atom stereocenters. The SMILES string of the molecule is CC1(C)CC(=O)C2=C(C1)N(c1ccc(Cl)cc1)C(=N)C(C#N)C21C(=O)Nc2ccccc21. The molecule has 2 aromatic rings. The number of para-hydroxylation sites is 1. The number of hydrogen-bond donors (Lipinski definition) is 2. The van der Waals surface area contributed by atoms with Crippen LogP contribution in [0.3, 0.4) is 0 Å². The lowest BCUT2D eigenvalue weighted by Crippen LogP contribution is -2.59. The smallest absolute Gasteiger partial charge is 0.241 e. The number of amidine groups is 1. The second kappa shape index (κ2) is 6.78. The number of hydrogen-bond acceptors (Lipinski definition) is 4. The van der Waals surface area contributed by atoms with Gasteiger partial charge in [-0.1, -0.05) is 43.6 Å². The van der Waals surface area contributed by atoms with Crippen molar-refractivity contribution in [1.29, 1.82) is 10.7 Å². The third-order valence-electron chi connectivity index (χ3n) is 6.64. The summed E-state index contributed by atoms with van der Waals surface area (Å²) in [6.45, 7) is 4.01. The first kappa shape index (κ1) is 20.5. The fraction of sp³-hybridized carbons (Fsp3) is 0.280. The van der Waals surface area contributed by atoms with E-state index in [-0.39, 0.29) is 23.5 Å². The Morgan fingerprint density at radius 3 is 2.50 bits per heavy atom. The average Bonchev–Trinajstić information content (AvgIpc) is 3.01. The monoisotopic (exact) mass is 444 g/mol. The summed E-state index contributed by atoms with van der Waals surface area (Å²) < 4.78 is 0. The Balaban J connectivity index is 1.88. The quantitative estimate of drug-likeness (QED) is 0.659. The fourth-order valence-electron chi connectivity index (χ4n) is 5.41. The van der Waals surface area contributed by atoms with Gasteiger partial charge in [-0.3, -0.25) is 15.0 Å². The van der Waals surface area contributed by atoms with Crippen LogP contribution in [0.1, 0.15) is 32.3 Å². The fourth-order valence-corrected chi connectivity index (χ4v) is 5.53. The first-order valence-corrected chi connectivity index (χ1v) is 10.8. The van der Waals surface area contributed by atoms with E-state index in [9.17, 15) is 14.9 Å². The van der Waals surface area contributed by atoms with E-state index >= 15 is 0 Å². The minimum atomic E-state index is -1.53. The van der Waals surface area contributed by atoms with Crippen molar-refractivity contribution in [2.45, 2.75) is 32.1 Å². The molecule has 160 valence electrons. The van der Waals surface area contributed by atoms with Crippen LogP contribution in [-0.2, 0) is 15.0 Å². The first-order valence-electron chi connectivity index (χ1n) is 10.4. The third kappa shape index (κ3) is 2.61. The number of benzene rings is 2. The summed E-state index contributed by atoms with van der Waals surface area (Å²) in [5.74, 6) is -1.77. The van der Waals surface area contributed by atoms with Crippen molar-refractivity contribution in [2.75, 3.05) is 10.2 Å². The first-order chi connectivity index (χ1) is 15.2. The van der Waals surface area contributed by atoms with Crippen molar-refractivity contribution in [3.63, 3.8) is 0 Å². The van der Waals surface area contributed by atoms with Crippen LogP contribution in [0.15, 0.2) is 59.8 Å². The number of nitriles is 1. The van der Waals surface area contributed by atoms with E-state index in [0.717, 1.165) is 0 Å². The summed E-state index contributed by atoms with van der Waals surface area (Å²) in [6, 6.07) is 16.3. The molecule has 1 amide bonds. The Labute approximate surface area is 191 Å². The number of halogens is 1. The molecule has 0 bridgehead atoms. The van der Waals surface area contributed by atoms with Gasteiger partial charge in [0.05, 0.1) is 6.07 Å². The van der Waals surface area contributed by atoms with Gasteiger partial charge in [-0.15, -0.1) is 0 Å². The number of carbonyl (C=O) groups is 2. The molecule has 1 aliphatic carbocycles. The van der Waals surface area contributed by atoms with Crippen LogP contribution in [0.25, 0.3) is 0 Å². The Bertz CT molecular complexity index is 1270. The molecule has 0 saturated heterocycles. The highest BCUT2D eigenvalue weighted by Crippen LogP contribution is 2.57. The zero-order valence-corrected chi connectivity index (χ0v) is 18.5. The number of allylic oxidation sites excluding steroid dienone is 1. The van der Waals surface area contributed by atoms with E-state index in [0.29, 0.717) is 39.7 Å². The lowest BCUT2D eigenvalue weighted by Gasteiger charge is -2.49. The number of nitrogens with zero attached hydrogens (tertiary/aromatic N) is 2. The van der Waals surface area contributed by atoms with Gasteiger partial charge < -0.3 is 10.2 Å². The highest BCUT2D eigenvalue weighted by atomic mass is 35.5. The van der Waals surface area contributed by atoms with Crippen molar-refractivity contribution >= 4 is 40.5 Å². The summed E-state index contributed by atoms with van der Waals surface area (Å²) in [4.78, 5) is 29.0. The van der Waals surface area contributed by atoms with Crippen LogP contribution in [-0.4, -0.2) is 17.5 Å². The number of fused-ring (bicyclic) bond motifs is 3. The van der Waals surface area contributed by atoms with E-state index in [2.05, 4.69) is 11.4 Å². The molecule has 2 aliphatic heterocycles. The number of amides is 1. The molecule has 3 aliphatic rings. The maximum Gasteiger partial charge on any atom is 0.241 e. The lowest BCUT2D eigenvalue weighted by molar-refractivity contribution is -0.125. The molecule has 7 heteroatoms. The lowest BCUT2D eigenvalue weighted by atomic mass is 9.58. The van der Waals surface area contributed by atoms with E-state index < -0.39 is 17.2 Å². The highest BCUT2D eigenvalue weighted by Gasteiger charge is 2.64. The van der Waals surface area contributed by atoms with Gasteiger partial charge in [0, 0.05) is 34.1 Å². The molecule has 1 spiro atoms. The molecule has 0 radical (unpaired) electrons. The van der Waals surface area contributed by atoms with Crippen LogP contribution in [0, 0.1) is 28.1 Å². The molecule has 2 aromatic carbocycles. The van der Waals surface area contributed by atoms with Crippen LogP contribution in [0.5, 0.6) is 0 Å². The molecule has 2 atom stereocenters. The molecule has 6 nitrogen and oxygen atoms in total. The van der Waals surface area contributed by atoms with Gasteiger partial charge in [0.15, 0.2) is 5.78 Å². The maximum absolute atomic E-state index is 13.7. The largest absolute Gasteiger partial charge is 0.325 e. The van der Waals surface area contributed by atoms with E-state index in [1.807, 2.05) is 13.8 Å². The zero-order chi connectivity index (χ0) is 22.8. The molecular formula is C25H21ClN4O2. The number of ketones is 1. The number of nitrogens with one attached hydrogen (secondary N) is 2. The predicted octanol–water partition coefficient (Wildman–Crippen LogP) is 4.81. The number of anilines is 2. The van der Waals surface area contributed by atoms with Crippen LogP contribution in [0.4, 0.5) is 11.4 Å². The normalized spacial score (nSPS) is 26.0. The Morgan fingerprint density at radius 2 is 1.81 bits per heavy atom. The number of rotatable bonds is 1. The van der Waals surface area contributed by atoms with Crippen molar-refractivity contribution in [3.8, 4) is 6.07 Å². The molecule has 2 N–H and O–H groups in total. The minimum absolute atomic E-state index is 0.0223. The standard InChI is InChI=1S/C25H21ClN4O2/c1-24(2)11-19-21(20(31)12-24)25(16-5-3-4-6-18(16)29-23(25)32)17(13-27)22(28)30(19)15-9-7-14(26)8-10-15/h3-10,17,28H,11-12H2,1-2H3,(H,29,32). The van der Waals surface area contributed by atoms with Gasteiger partial charge >= 0.3 is 0 Å². The molecule has 5 rings (SSSR count).